The summed E-state index contributed by atoms with van der Waals surface area (Å²) in [5.74, 6) is -0.446. The first-order valence-electron chi connectivity index (χ1n) is 5.97. The average molecular weight is 289 g/mol. The van der Waals surface area contributed by atoms with Crippen LogP contribution in [0.3, 0.4) is 0 Å². The van der Waals surface area contributed by atoms with Gasteiger partial charge in [0, 0.05) is 22.5 Å². The molecule has 0 aliphatic heterocycles. The Morgan fingerprint density at radius 2 is 2.10 bits per heavy atom. The van der Waals surface area contributed by atoms with Gasteiger partial charge in [-0.3, -0.25) is 0 Å². The topological polar surface area (TPSA) is 78.1 Å². The lowest BCUT2D eigenvalue weighted by atomic mass is 10.1. The van der Waals surface area contributed by atoms with Crippen LogP contribution in [0.5, 0.6) is 0 Å². The van der Waals surface area contributed by atoms with Crippen molar-refractivity contribution in [1.82, 2.24) is 9.97 Å². The lowest BCUT2D eigenvalue weighted by Gasteiger charge is -2.09. The SMILES string of the molecule is COC(=O)c1cc(Sc2nccc(C)n2)cc(C)c1N. The first-order chi connectivity index (χ1) is 9.51. The van der Waals surface area contributed by atoms with Crippen LogP contribution in [0.15, 0.2) is 34.4 Å². The van der Waals surface area contributed by atoms with Crippen molar-refractivity contribution in [3.05, 3.63) is 41.2 Å². The van der Waals surface area contributed by atoms with E-state index in [0.29, 0.717) is 16.4 Å². The summed E-state index contributed by atoms with van der Waals surface area (Å²) in [5.41, 5.74) is 8.42. The number of carbonyl (C=O) groups is 1. The molecule has 2 N–H and O–H groups in total. The highest BCUT2D eigenvalue weighted by Gasteiger charge is 2.14. The monoisotopic (exact) mass is 289 g/mol. The van der Waals surface area contributed by atoms with E-state index in [-0.39, 0.29) is 0 Å². The Morgan fingerprint density at radius 1 is 1.35 bits per heavy atom. The highest BCUT2D eigenvalue weighted by molar-refractivity contribution is 7.99. The van der Waals surface area contributed by atoms with Gasteiger partial charge in [-0.15, -0.1) is 0 Å². The molecule has 1 aromatic carbocycles. The molecular weight excluding hydrogens is 274 g/mol. The molecule has 0 aliphatic carbocycles. The van der Waals surface area contributed by atoms with E-state index in [1.54, 1.807) is 12.3 Å². The maximum atomic E-state index is 11.7. The van der Waals surface area contributed by atoms with Crippen LogP contribution in [0.2, 0.25) is 0 Å². The molecule has 2 aromatic rings. The smallest absolute Gasteiger partial charge is 0.340 e. The fraction of sp³-hybridized carbons (Fsp3) is 0.214. The molecule has 0 radical (unpaired) electrons. The Balaban J connectivity index is 2.38. The van der Waals surface area contributed by atoms with E-state index in [1.165, 1.54) is 18.9 Å². The number of aromatic nitrogens is 2. The third kappa shape index (κ3) is 3.08. The van der Waals surface area contributed by atoms with E-state index in [4.69, 9.17) is 10.5 Å². The molecule has 1 heterocycles. The van der Waals surface area contributed by atoms with Crippen molar-refractivity contribution >= 4 is 23.4 Å². The van der Waals surface area contributed by atoms with E-state index in [1.807, 2.05) is 26.0 Å². The van der Waals surface area contributed by atoms with E-state index in [9.17, 15) is 4.79 Å². The fourth-order valence-corrected chi connectivity index (χ4v) is 2.61. The molecule has 104 valence electrons. The van der Waals surface area contributed by atoms with Gasteiger partial charge in [0.05, 0.1) is 12.7 Å². The van der Waals surface area contributed by atoms with Gasteiger partial charge in [0.25, 0.3) is 0 Å². The quantitative estimate of drug-likeness (QED) is 0.531. The summed E-state index contributed by atoms with van der Waals surface area (Å²) in [6.45, 7) is 3.75. The normalized spacial score (nSPS) is 10.3. The maximum absolute atomic E-state index is 11.7. The zero-order valence-electron chi connectivity index (χ0n) is 11.5. The van der Waals surface area contributed by atoms with Crippen molar-refractivity contribution < 1.29 is 9.53 Å². The minimum Gasteiger partial charge on any atom is -0.465 e. The van der Waals surface area contributed by atoms with Crippen molar-refractivity contribution in [2.75, 3.05) is 12.8 Å². The second-order valence-corrected chi connectivity index (χ2v) is 5.32. The average Bonchev–Trinajstić information content (AvgIpc) is 2.42. The molecule has 6 heteroatoms. The Bertz CT molecular complexity index is 659. The number of nitrogens with zero attached hydrogens (tertiary/aromatic N) is 2. The summed E-state index contributed by atoms with van der Waals surface area (Å²) in [4.78, 5) is 21.1. The summed E-state index contributed by atoms with van der Waals surface area (Å²) in [6, 6.07) is 5.43. The standard InChI is InChI=1S/C14H15N3O2S/c1-8-6-10(7-11(12(8)15)13(18)19-3)20-14-16-5-4-9(2)17-14/h4-7H,15H2,1-3H3. The van der Waals surface area contributed by atoms with Crippen molar-refractivity contribution in [3.63, 3.8) is 0 Å². The van der Waals surface area contributed by atoms with Gasteiger partial charge in [0.1, 0.15) is 0 Å². The minimum absolute atomic E-state index is 0.364. The number of esters is 1. The Kier molecular flexibility index (Phi) is 4.24. The van der Waals surface area contributed by atoms with Crippen molar-refractivity contribution in [1.29, 1.82) is 0 Å². The number of hydrogen-bond donors (Lipinski definition) is 1. The molecule has 0 amide bonds. The maximum Gasteiger partial charge on any atom is 0.340 e. The van der Waals surface area contributed by atoms with Crippen LogP contribution in [0.1, 0.15) is 21.6 Å². The van der Waals surface area contributed by atoms with Crippen LogP contribution >= 0.6 is 11.8 Å². The minimum atomic E-state index is -0.446. The number of nitrogen functional groups attached to an aromatic ring is 1. The molecule has 5 nitrogen and oxygen atoms in total. The molecule has 2 rings (SSSR count). The molecule has 0 atom stereocenters. The highest BCUT2D eigenvalue weighted by Crippen LogP contribution is 2.30. The van der Waals surface area contributed by atoms with Gasteiger partial charge < -0.3 is 10.5 Å². The van der Waals surface area contributed by atoms with Gasteiger partial charge in [-0.25, -0.2) is 14.8 Å². The summed E-state index contributed by atoms with van der Waals surface area (Å²) in [6.07, 6.45) is 1.70. The Labute approximate surface area is 121 Å². The summed E-state index contributed by atoms with van der Waals surface area (Å²) in [7, 11) is 1.33. The predicted molar refractivity (Wildman–Crippen MR) is 77.8 cm³/mol. The number of benzene rings is 1. The molecule has 0 spiro atoms. The van der Waals surface area contributed by atoms with Crippen LogP contribution in [0, 0.1) is 13.8 Å². The fourth-order valence-electron chi connectivity index (χ4n) is 1.68. The predicted octanol–water partition coefficient (Wildman–Crippen LogP) is 2.61. The van der Waals surface area contributed by atoms with Crippen molar-refractivity contribution in [3.8, 4) is 0 Å². The van der Waals surface area contributed by atoms with E-state index in [2.05, 4.69) is 9.97 Å². The number of ether oxygens (including phenoxy) is 1. The van der Waals surface area contributed by atoms with Crippen molar-refractivity contribution in [2.45, 2.75) is 23.9 Å². The largest absolute Gasteiger partial charge is 0.465 e. The molecule has 20 heavy (non-hydrogen) atoms. The molecule has 0 aliphatic rings. The molecule has 0 unspecified atom stereocenters. The number of rotatable bonds is 3. The van der Waals surface area contributed by atoms with Gasteiger partial charge in [-0.1, -0.05) is 0 Å². The van der Waals surface area contributed by atoms with Crippen LogP contribution in [0.4, 0.5) is 5.69 Å². The Morgan fingerprint density at radius 3 is 2.75 bits per heavy atom. The molecular formula is C14H15N3O2S. The summed E-state index contributed by atoms with van der Waals surface area (Å²) < 4.78 is 4.74. The van der Waals surface area contributed by atoms with Gasteiger partial charge in [-0.05, 0) is 49.4 Å². The van der Waals surface area contributed by atoms with Crippen molar-refractivity contribution in [2.24, 2.45) is 0 Å². The highest BCUT2D eigenvalue weighted by atomic mass is 32.2. The van der Waals surface area contributed by atoms with Crippen LogP contribution < -0.4 is 5.73 Å². The van der Waals surface area contributed by atoms with E-state index >= 15 is 0 Å². The zero-order chi connectivity index (χ0) is 14.7. The van der Waals surface area contributed by atoms with Gasteiger partial charge in [0.15, 0.2) is 5.16 Å². The molecule has 0 saturated heterocycles. The van der Waals surface area contributed by atoms with E-state index < -0.39 is 5.97 Å². The second-order valence-electron chi connectivity index (χ2n) is 4.28. The first-order valence-corrected chi connectivity index (χ1v) is 6.79. The summed E-state index contributed by atoms with van der Waals surface area (Å²) in [5, 5.41) is 0.630. The van der Waals surface area contributed by atoms with Crippen LogP contribution in [0.25, 0.3) is 0 Å². The second kappa shape index (κ2) is 5.92. The first kappa shape index (κ1) is 14.3. The van der Waals surface area contributed by atoms with Crippen LogP contribution in [-0.4, -0.2) is 23.0 Å². The molecule has 0 bridgehead atoms. The number of methoxy groups -OCH3 is 1. The van der Waals surface area contributed by atoms with Gasteiger partial charge >= 0.3 is 5.97 Å². The molecule has 1 aromatic heterocycles. The lowest BCUT2D eigenvalue weighted by Crippen LogP contribution is -2.07. The molecule has 0 saturated carbocycles. The zero-order valence-corrected chi connectivity index (χ0v) is 12.3. The van der Waals surface area contributed by atoms with Crippen LogP contribution in [-0.2, 0) is 4.74 Å². The number of nitrogens with two attached hydrogens (primary N) is 1. The third-order valence-electron chi connectivity index (χ3n) is 2.75. The number of carbonyl (C=O) groups excluding carboxylic acids is 1. The Hall–Kier alpha value is -2.08. The number of hydrogen-bond acceptors (Lipinski definition) is 6. The lowest BCUT2D eigenvalue weighted by molar-refractivity contribution is 0.0601. The number of aryl methyl sites for hydroxylation is 2. The number of anilines is 1. The molecule has 0 fully saturated rings. The van der Waals surface area contributed by atoms with Gasteiger partial charge in [-0.2, -0.15) is 0 Å². The van der Waals surface area contributed by atoms with Gasteiger partial charge in [0.2, 0.25) is 0 Å². The van der Waals surface area contributed by atoms with E-state index in [0.717, 1.165) is 16.2 Å². The summed E-state index contributed by atoms with van der Waals surface area (Å²) >= 11 is 1.38. The third-order valence-corrected chi connectivity index (χ3v) is 3.60.